The predicted molar refractivity (Wildman–Crippen MR) is 96.0 cm³/mol. The van der Waals surface area contributed by atoms with Gasteiger partial charge in [-0.2, -0.15) is 0 Å². The lowest BCUT2D eigenvalue weighted by atomic mass is 9.91. The maximum atomic E-state index is 11.7. The van der Waals surface area contributed by atoms with Crippen molar-refractivity contribution in [3.05, 3.63) is 0 Å². The molecule has 1 saturated heterocycles. The number of carbonyl (C=O) groups is 2. The zero-order valence-electron chi connectivity index (χ0n) is 17.4. The second-order valence-corrected chi connectivity index (χ2v) is 8.02. The van der Waals surface area contributed by atoms with Gasteiger partial charge in [-0.1, -0.05) is 13.8 Å². The quantitative estimate of drug-likeness (QED) is 0.673. The van der Waals surface area contributed by atoms with Crippen molar-refractivity contribution in [3.63, 3.8) is 0 Å². The van der Waals surface area contributed by atoms with Crippen LogP contribution in [-0.4, -0.2) is 44.2 Å². The van der Waals surface area contributed by atoms with Crippen molar-refractivity contribution in [2.75, 3.05) is 20.3 Å². The summed E-state index contributed by atoms with van der Waals surface area (Å²) in [4.78, 5) is 22.5. The Bertz CT molecular complexity index is 439. The van der Waals surface area contributed by atoms with Crippen LogP contribution in [0.4, 0.5) is 0 Å². The Balaban J connectivity index is 0.000000547. The molecule has 1 unspecified atom stereocenters. The van der Waals surface area contributed by atoms with Crippen LogP contribution in [-0.2, 0) is 28.5 Å². The molecule has 0 radical (unpaired) electrons. The first-order valence-electron chi connectivity index (χ1n) is 8.88. The maximum Gasteiger partial charge on any atom is 0.311 e. The summed E-state index contributed by atoms with van der Waals surface area (Å²) in [7, 11) is 1.42. The summed E-state index contributed by atoms with van der Waals surface area (Å²) in [6.07, 6.45) is 1.44. The zero-order valence-corrected chi connectivity index (χ0v) is 17.4. The molecule has 0 aliphatic carbocycles. The first-order valence-corrected chi connectivity index (χ1v) is 8.88. The van der Waals surface area contributed by atoms with Crippen molar-refractivity contribution in [1.29, 1.82) is 0 Å². The summed E-state index contributed by atoms with van der Waals surface area (Å²) >= 11 is 0. The van der Waals surface area contributed by atoms with Gasteiger partial charge in [0.05, 0.1) is 24.5 Å². The van der Waals surface area contributed by atoms with E-state index in [1.54, 1.807) is 0 Å². The molecule has 1 heterocycles. The van der Waals surface area contributed by atoms with Gasteiger partial charge in [0, 0.05) is 0 Å². The monoisotopic (exact) mass is 360 g/mol. The maximum absolute atomic E-state index is 11.7. The molecule has 0 saturated carbocycles. The van der Waals surface area contributed by atoms with Gasteiger partial charge < -0.3 is 18.9 Å². The average molecular weight is 360 g/mol. The van der Waals surface area contributed by atoms with Crippen LogP contribution in [0.3, 0.4) is 0 Å². The topological polar surface area (TPSA) is 71.1 Å². The first kappa shape index (κ1) is 23.9. The smallest absolute Gasteiger partial charge is 0.311 e. The molecule has 148 valence electrons. The summed E-state index contributed by atoms with van der Waals surface area (Å²) in [6, 6.07) is 0. The van der Waals surface area contributed by atoms with Gasteiger partial charge in [0.15, 0.2) is 5.79 Å². The second-order valence-electron chi connectivity index (χ2n) is 8.02. The highest BCUT2D eigenvalue weighted by molar-refractivity contribution is 5.76. The van der Waals surface area contributed by atoms with E-state index in [4.69, 9.17) is 14.2 Å². The normalized spacial score (nSPS) is 19.6. The standard InChI is InChI=1S/C12H22O4.C7H14O2/c1-6-11(2,3)10(13)14-7-9-8-15-12(4,5)16-9;1-5-7(2,3)6(8)9-4/h9H,6-8H2,1-5H3;5H2,1-4H3. The third kappa shape index (κ3) is 8.19. The van der Waals surface area contributed by atoms with E-state index in [0.717, 1.165) is 12.8 Å². The van der Waals surface area contributed by atoms with E-state index < -0.39 is 11.2 Å². The minimum Gasteiger partial charge on any atom is -0.469 e. The Morgan fingerprint density at radius 2 is 1.52 bits per heavy atom. The van der Waals surface area contributed by atoms with Crippen LogP contribution in [0.15, 0.2) is 0 Å². The number of hydrogen-bond donors (Lipinski definition) is 0. The molecule has 1 fully saturated rings. The van der Waals surface area contributed by atoms with Gasteiger partial charge in [-0.25, -0.2) is 0 Å². The first-order chi connectivity index (χ1) is 11.3. The van der Waals surface area contributed by atoms with Crippen LogP contribution in [0.5, 0.6) is 0 Å². The Kier molecular flexibility index (Phi) is 9.09. The summed E-state index contributed by atoms with van der Waals surface area (Å²) in [5, 5.41) is 0. The molecule has 1 atom stereocenters. The highest BCUT2D eigenvalue weighted by Gasteiger charge is 2.34. The van der Waals surface area contributed by atoms with Crippen LogP contribution in [0, 0.1) is 10.8 Å². The molecule has 6 nitrogen and oxygen atoms in total. The Morgan fingerprint density at radius 1 is 1.04 bits per heavy atom. The molecule has 0 aromatic heterocycles. The Labute approximate surface area is 152 Å². The summed E-state index contributed by atoms with van der Waals surface area (Å²) in [6.45, 7) is 15.9. The number of ether oxygens (including phenoxy) is 4. The van der Waals surface area contributed by atoms with Crippen molar-refractivity contribution >= 4 is 11.9 Å². The number of methoxy groups -OCH3 is 1. The molecular weight excluding hydrogens is 324 g/mol. The van der Waals surface area contributed by atoms with Gasteiger partial charge in [0.25, 0.3) is 0 Å². The highest BCUT2D eigenvalue weighted by Crippen LogP contribution is 2.25. The van der Waals surface area contributed by atoms with E-state index in [1.165, 1.54) is 7.11 Å². The van der Waals surface area contributed by atoms with E-state index in [9.17, 15) is 9.59 Å². The van der Waals surface area contributed by atoms with Crippen LogP contribution in [0.1, 0.15) is 68.2 Å². The molecule has 25 heavy (non-hydrogen) atoms. The molecule has 0 amide bonds. The summed E-state index contributed by atoms with van der Waals surface area (Å²) < 4.78 is 20.7. The third-order valence-electron chi connectivity index (χ3n) is 4.53. The molecule has 0 N–H and O–H groups in total. The molecule has 6 heteroatoms. The van der Waals surface area contributed by atoms with E-state index in [0.29, 0.717) is 6.61 Å². The fraction of sp³-hybridized carbons (Fsp3) is 0.895. The molecule has 1 rings (SSSR count). The number of hydrogen-bond acceptors (Lipinski definition) is 6. The minimum atomic E-state index is -0.558. The average Bonchev–Trinajstić information content (AvgIpc) is 2.91. The van der Waals surface area contributed by atoms with E-state index in [-0.39, 0.29) is 30.1 Å². The van der Waals surface area contributed by atoms with Crippen LogP contribution < -0.4 is 0 Å². The number of carbonyl (C=O) groups excluding carboxylic acids is 2. The second kappa shape index (κ2) is 9.53. The van der Waals surface area contributed by atoms with Crippen molar-refractivity contribution < 1.29 is 28.5 Å². The van der Waals surface area contributed by atoms with Crippen molar-refractivity contribution in [2.24, 2.45) is 10.8 Å². The Morgan fingerprint density at radius 3 is 1.84 bits per heavy atom. The third-order valence-corrected chi connectivity index (χ3v) is 4.53. The molecule has 0 spiro atoms. The summed E-state index contributed by atoms with van der Waals surface area (Å²) in [5.41, 5.74) is -0.732. The lowest BCUT2D eigenvalue weighted by Gasteiger charge is -2.22. The van der Waals surface area contributed by atoms with Crippen LogP contribution in [0.25, 0.3) is 0 Å². The lowest BCUT2D eigenvalue weighted by Crippen LogP contribution is -2.30. The predicted octanol–water partition coefficient (Wildman–Crippen LogP) is 3.71. The molecule has 0 aromatic carbocycles. The highest BCUT2D eigenvalue weighted by atomic mass is 16.7. The molecule has 0 aromatic rings. The lowest BCUT2D eigenvalue weighted by molar-refractivity contribution is -0.165. The fourth-order valence-electron chi connectivity index (χ4n) is 1.77. The van der Waals surface area contributed by atoms with Gasteiger partial charge in [-0.05, 0) is 54.4 Å². The van der Waals surface area contributed by atoms with Crippen molar-refractivity contribution in [1.82, 2.24) is 0 Å². The molecular formula is C19H36O6. The largest absolute Gasteiger partial charge is 0.469 e. The summed E-state index contributed by atoms with van der Waals surface area (Å²) in [5.74, 6) is -0.870. The van der Waals surface area contributed by atoms with Crippen molar-refractivity contribution in [3.8, 4) is 0 Å². The van der Waals surface area contributed by atoms with Gasteiger partial charge >= 0.3 is 11.9 Å². The minimum absolute atomic E-state index is 0.134. The van der Waals surface area contributed by atoms with E-state index >= 15 is 0 Å². The van der Waals surface area contributed by atoms with E-state index in [2.05, 4.69) is 4.74 Å². The molecule has 0 bridgehead atoms. The van der Waals surface area contributed by atoms with Crippen molar-refractivity contribution in [2.45, 2.75) is 80.1 Å². The van der Waals surface area contributed by atoms with Gasteiger partial charge in [-0.15, -0.1) is 0 Å². The van der Waals surface area contributed by atoms with E-state index in [1.807, 2.05) is 55.4 Å². The van der Waals surface area contributed by atoms with Gasteiger partial charge in [0.1, 0.15) is 12.7 Å². The van der Waals surface area contributed by atoms with Gasteiger partial charge in [0.2, 0.25) is 0 Å². The van der Waals surface area contributed by atoms with Crippen LogP contribution in [0.2, 0.25) is 0 Å². The fourth-order valence-corrected chi connectivity index (χ4v) is 1.77. The Hall–Kier alpha value is -1.14. The number of rotatable bonds is 6. The molecule has 1 aliphatic heterocycles. The SMILES string of the molecule is CCC(C)(C)C(=O)OC.CCC(C)(C)C(=O)OCC1COC(C)(C)O1. The molecule has 1 aliphatic rings. The van der Waals surface area contributed by atoms with Crippen LogP contribution >= 0.6 is 0 Å². The van der Waals surface area contributed by atoms with Gasteiger partial charge in [-0.3, -0.25) is 9.59 Å². The zero-order chi connectivity index (χ0) is 19.9. The number of esters is 2.